The molecule has 0 spiro atoms. The standard InChI is InChI=1S/C19H19N3O3/c1-21-11-10-14-6-8-17(12-16(14)13-21)20-19(23)9-7-15-4-2-3-5-18(15)22(24)25/h2-9,12H,10-11,13H2,1H3,(H,20,23). The van der Waals surface area contributed by atoms with Gasteiger partial charge in [0.25, 0.3) is 5.69 Å². The number of anilines is 1. The number of hydrogen-bond acceptors (Lipinski definition) is 4. The van der Waals surface area contributed by atoms with Crippen LogP contribution in [0.3, 0.4) is 0 Å². The molecule has 1 aliphatic heterocycles. The second-order valence-electron chi connectivity index (χ2n) is 6.11. The summed E-state index contributed by atoms with van der Waals surface area (Å²) in [5, 5.41) is 13.8. The molecule has 1 N–H and O–H groups in total. The Balaban J connectivity index is 1.71. The van der Waals surface area contributed by atoms with Crippen molar-refractivity contribution in [3.05, 3.63) is 75.3 Å². The zero-order valence-corrected chi connectivity index (χ0v) is 13.9. The molecule has 1 amide bonds. The number of nitrogens with one attached hydrogen (secondary N) is 1. The lowest BCUT2D eigenvalue weighted by Gasteiger charge is -2.25. The van der Waals surface area contributed by atoms with Gasteiger partial charge in [-0.25, -0.2) is 0 Å². The first-order valence-electron chi connectivity index (χ1n) is 8.06. The second-order valence-corrected chi connectivity index (χ2v) is 6.11. The zero-order valence-electron chi connectivity index (χ0n) is 13.9. The average molecular weight is 337 g/mol. The lowest BCUT2D eigenvalue weighted by molar-refractivity contribution is -0.385. The minimum Gasteiger partial charge on any atom is -0.323 e. The summed E-state index contributed by atoms with van der Waals surface area (Å²) in [5.41, 5.74) is 3.63. The van der Waals surface area contributed by atoms with Crippen LogP contribution in [0.4, 0.5) is 11.4 Å². The third-order valence-electron chi connectivity index (χ3n) is 4.22. The van der Waals surface area contributed by atoms with Gasteiger partial charge in [0.15, 0.2) is 0 Å². The van der Waals surface area contributed by atoms with Crippen LogP contribution in [0.5, 0.6) is 0 Å². The molecule has 6 heteroatoms. The van der Waals surface area contributed by atoms with Gasteiger partial charge < -0.3 is 10.2 Å². The number of hydrogen-bond donors (Lipinski definition) is 1. The highest BCUT2D eigenvalue weighted by Gasteiger charge is 2.14. The highest BCUT2D eigenvalue weighted by atomic mass is 16.6. The van der Waals surface area contributed by atoms with E-state index < -0.39 is 4.92 Å². The molecule has 0 radical (unpaired) electrons. The molecule has 3 rings (SSSR count). The van der Waals surface area contributed by atoms with Gasteiger partial charge >= 0.3 is 0 Å². The van der Waals surface area contributed by atoms with Crippen molar-refractivity contribution in [1.82, 2.24) is 4.90 Å². The summed E-state index contributed by atoms with van der Waals surface area (Å²) < 4.78 is 0. The molecule has 0 unspecified atom stereocenters. The molecule has 2 aromatic rings. The van der Waals surface area contributed by atoms with Crippen molar-refractivity contribution in [2.24, 2.45) is 0 Å². The Hall–Kier alpha value is -2.99. The van der Waals surface area contributed by atoms with Crippen LogP contribution in [-0.4, -0.2) is 29.3 Å². The van der Waals surface area contributed by atoms with Gasteiger partial charge in [-0.05, 0) is 48.9 Å². The summed E-state index contributed by atoms with van der Waals surface area (Å²) in [6, 6.07) is 12.2. The molecule has 25 heavy (non-hydrogen) atoms. The molecule has 0 fully saturated rings. The van der Waals surface area contributed by atoms with Crippen molar-refractivity contribution >= 4 is 23.4 Å². The molecule has 1 heterocycles. The number of carbonyl (C=O) groups excluding carboxylic acids is 1. The van der Waals surface area contributed by atoms with Crippen LogP contribution in [0.25, 0.3) is 6.08 Å². The Bertz CT molecular complexity index is 846. The summed E-state index contributed by atoms with van der Waals surface area (Å²) in [4.78, 5) is 24.9. The Kier molecular flexibility index (Phi) is 4.90. The highest BCUT2D eigenvalue weighted by molar-refractivity contribution is 6.02. The third-order valence-corrected chi connectivity index (χ3v) is 4.22. The molecule has 0 saturated carbocycles. The lowest BCUT2D eigenvalue weighted by Crippen LogP contribution is -2.26. The number of benzene rings is 2. The van der Waals surface area contributed by atoms with Gasteiger partial charge in [0, 0.05) is 30.9 Å². The lowest BCUT2D eigenvalue weighted by atomic mass is 9.99. The van der Waals surface area contributed by atoms with Crippen molar-refractivity contribution in [1.29, 1.82) is 0 Å². The minimum absolute atomic E-state index is 0.0247. The number of rotatable bonds is 4. The monoisotopic (exact) mass is 337 g/mol. The average Bonchev–Trinajstić information content (AvgIpc) is 2.59. The topological polar surface area (TPSA) is 75.5 Å². The number of nitrogens with zero attached hydrogens (tertiary/aromatic N) is 2. The molecule has 0 aromatic heterocycles. The Morgan fingerprint density at radius 3 is 2.84 bits per heavy atom. The predicted molar refractivity (Wildman–Crippen MR) is 97.2 cm³/mol. The second kappa shape index (κ2) is 7.27. The largest absolute Gasteiger partial charge is 0.323 e. The Morgan fingerprint density at radius 2 is 2.04 bits per heavy atom. The van der Waals surface area contributed by atoms with Crippen LogP contribution in [0.2, 0.25) is 0 Å². The maximum Gasteiger partial charge on any atom is 0.276 e. The van der Waals surface area contributed by atoms with E-state index in [2.05, 4.69) is 17.3 Å². The van der Waals surface area contributed by atoms with E-state index in [4.69, 9.17) is 0 Å². The maximum atomic E-state index is 12.1. The number of amides is 1. The van der Waals surface area contributed by atoms with Crippen LogP contribution in [0, 0.1) is 10.1 Å². The number of fused-ring (bicyclic) bond motifs is 1. The van der Waals surface area contributed by atoms with Crippen LogP contribution >= 0.6 is 0 Å². The van der Waals surface area contributed by atoms with Gasteiger partial charge in [-0.1, -0.05) is 18.2 Å². The molecule has 0 aliphatic carbocycles. The molecule has 128 valence electrons. The van der Waals surface area contributed by atoms with E-state index in [1.54, 1.807) is 18.2 Å². The Morgan fingerprint density at radius 1 is 1.24 bits per heavy atom. The van der Waals surface area contributed by atoms with E-state index in [0.717, 1.165) is 25.2 Å². The molecule has 0 atom stereocenters. The molecular weight excluding hydrogens is 318 g/mol. The number of likely N-dealkylation sites (N-methyl/N-ethyl adjacent to an activating group) is 1. The zero-order chi connectivity index (χ0) is 17.8. The van der Waals surface area contributed by atoms with Crippen LogP contribution in [-0.2, 0) is 17.8 Å². The van der Waals surface area contributed by atoms with Crippen LogP contribution in [0.15, 0.2) is 48.5 Å². The normalized spacial score (nSPS) is 14.3. The van der Waals surface area contributed by atoms with Crippen LogP contribution in [0.1, 0.15) is 16.7 Å². The van der Waals surface area contributed by atoms with Crippen molar-refractivity contribution < 1.29 is 9.72 Å². The van der Waals surface area contributed by atoms with E-state index in [0.29, 0.717) is 5.56 Å². The number of nitro benzene ring substituents is 1. The van der Waals surface area contributed by atoms with Crippen molar-refractivity contribution in [2.75, 3.05) is 18.9 Å². The number of carbonyl (C=O) groups is 1. The van der Waals surface area contributed by atoms with Gasteiger partial charge in [0.1, 0.15) is 0 Å². The van der Waals surface area contributed by atoms with Gasteiger partial charge in [0.2, 0.25) is 5.91 Å². The fourth-order valence-corrected chi connectivity index (χ4v) is 2.92. The van der Waals surface area contributed by atoms with Crippen molar-refractivity contribution in [3.8, 4) is 0 Å². The van der Waals surface area contributed by atoms with E-state index in [9.17, 15) is 14.9 Å². The number of nitro groups is 1. The summed E-state index contributed by atoms with van der Waals surface area (Å²) in [6.45, 7) is 1.91. The van der Waals surface area contributed by atoms with E-state index in [1.807, 2.05) is 18.2 Å². The summed E-state index contributed by atoms with van der Waals surface area (Å²) in [6.07, 6.45) is 3.78. The fraction of sp³-hybridized carbons (Fsp3) is 0.211. The third kappa shape index (κ3) is 4.10. The van der Waals surface area contributed by atoms with Gasteiger partial charge in [-0.2, -0.15) is 0 Å². The van der Waals surface area contributed by atoms with Gasteiger partial charge in [0.05, 0.1) is 10.5 Å². The summed E-state index contributed by atoms with van der Waals surface area (Å²) in [5.74, 6) is -0.317. The highest BCUT2D eigenvalue weighted by Crippen LogP contribution is 2.22. The summed E-state index contributed by atoms with van der Waals surface area (Å²) in [7, 11) is 2.07. The van der Waals surface area contributed by atoms with Crippen molar-refractivity contribution in [3.63, 3.8) is 0 Å². The smallest absolute Gasteiger partial charge is 0.276 e. The van der Waals surface area contributed by atoms with Crippen molar-refractivity contribution in [2.45, 2.75) is 13.0 Å². The molecule has 2 aromatic carbocycles. The molecule has 0 saturated heterocycles. The van der Waals surface area contributed by atoms with Gasteiger partial charge in [-0.15, -0.1) is 0 Å². The molecule has 6 nitrogen and oxygen atoms in total. The Labute approximate surface area is 145 Å². The first-order chi connectivity index (χ1) is 12.0. The first kappa shape index (κ1) is 16.9. The van der Waals surface area contributed by atoms with E-state index >= 15 is 0 Å². The number of para-hydroxylation sites is 1. The van der Waals surface area contributed by atoms with E-state index in [1.165, 1.54) is 29.3 Å². The first-order valence-corrected chi connectivity index (χ1v) is 8.06. The quantitative estimate of drug-likeness (QED) is 0.528. The van der Waals surface area contributed by atoms with Gasteiger partial charge in [-0.3, -0.25) is 14.9 Å². The summed E-state index contributed by atoms with van der Waals surface area (Å²) >= 11 is 0. The predicted octanol–water partition coefficient (Wildman–Crippen LogP) is 3.23. The minimum atomic E-state index is -0.461. The van der Waals surface area contributed by atoms with E-state index in [-0.39, 0.29) is 11.6 Å². The molecular formula is C19H19N3O3. The maximum absolute atomic E-state index is 12.1. The van der Waals surface area contributed by atoms with Crippen LogP contribution < -0.4 is 5.32 Å². The SMILES string of the molecule is CN1CCc2ccc(NC(=O)C=Cc3ccccc3[N+](=O)[O-])cc2C1. The molecule has 1 aliphatic rings. The fourth-order valence-electron chi connectivity index (χ4n) is 2.92. The molecule has 0 bridgehead atoms.